The van der Waals surface area contributed by atoms with Gasteiger partial charge in [-0.15, -0.1) is 0 Å². The second kappa shape index (κ2) is 12.2. The molecule has 0 bridgehead atoms. The molecule has 10 heteroatoms. The summed E-state index contributed by atoms with van der Waals surface area (Å²) >= 11 is 0. The number of aromatic hydroxyl groups is 2. The van der Waals surface area contributed by atoms with E-state index in [0.717, 1.165) is 5.57 Å². The molecule has 1 aliphatic rings. The van der Waals surface area contributed by atoms with E-state index in [2.05, 4.69) is 0 Å². The first-order valence-corrected chi connectivity index (χ1v) is 11.9. The number of hydrogen-bond donors (Lipinski definition) is 6. The monoisotopic (exact) mass is 528 g/mol. The lowest BCUT2D eigenvalue weighted by Crippen LogP contribution is -2.60. The Balaban J connectivity index is 2.04. The maximum atomic E-state index is 13.1. The van der Waals surface area contributed by atoms with E-state index in [4.69, 9.17) is 9.47 Å². The first-order valence-electron chi connectivity index (χ1n) is 11.9. The van der Waals surface area contributed by atoms with Gasteiger partial charge in [-0.1, -0.05) is 29.9 Å². The van der Waals surface area contributed by atoms with Crippen LogP contribution in [0.25, 0.3) is 6.08 Å². The number of aliphatic hydroxyl groups excluding tert-OH is 3. The Hall–Kier alpha value is -3.70. The van der Waals surface area contributed by atoms with Gasteiger partial charge in [0.15, 0.2) is 11.9 Å². The maximum absolute atomic E-state index is 13.1. The molecule has 3 rings (SSSR count). The minimum Gasteiger partial charge on any atom is -0.508 e. The van der Waals surface area contributed by atoms with Crippen LogP contribution in [-0.2, 0) is 22.4 Å². The summed E-state index contributed by atoms with van der Waals surface area (Å²) in [6.45, 7) is 3.71. The Morgan fingerprint density at radius 3 is 2.26 bits per heavy atom. The van der Waals surface area contributed by atoms with Crippen LogP contribution in [0.2, 0.25) is 0 Å². The van der Waals surface area contributed by atoms with E-state index in [1.165, 1.54) is 37.5 Å². The van der Waals surface area contributed by atoms with E-state index in [1.807, 2.05) is 19.9 Å². The first-order chi connectivity index (χ1) is 17.9. The number of methoxy groups -OCH3 is 1. The zero-order valence-corrected chi connectivity index (χ0v) is 21.2. The van der Waals surface area contributed by atoms with Gasteiger partial charge < -0.3 is 40.1 Å². The van der Waals surface area contributed by atoms with Crippen molar-refractivity contribution in [1.82, 2.24) is 0 Å². The molecule has 2 aromatic rings. The summed E-state index contributed by atoms with van der Waals surface area (Å²) in [5, 5.41) is 60.7. The van der Waals surface area contributed by atoms with E-state index < -0.39 is 42.3 Å². The summed E-state index contributed by atoms with van der Waals surface area (Å²) in [6, 6.07) is 7.68. The van der Waals surface area contributed by atoms with E-state index in [-0.39, 0.29) is 35.7 Å². The Bertz CT molecular complexity index is 1230. The third-order valence-corrected chi connectivity index (χ3v) is 6.34. The fraction of sp³-hybridized carbons (Fsp3) is 0.357. The standard InChI is InChI=1S/C28H32O10/c1-14(2)4-10-18-16(13-21-24(32)25(33)26(34)27(38-21)28(35)36)12-20(37-3)22(23(18)31)19(30)11-7-15-5-8-17(29)9-6-15/h4-9,11-12,21,24-27,29,31-34H,10,13H2,1-3H3,(H,35,36)/b11-7+/t21-,24-,25+,26+,27-/m1/s1. The Morgan fingerprint density at radius 1 is 1.03 bits per heavy atom. The van der Waals surface area contributed by atoms with Gasteiger partial charge in [-0.05, 0) is 55.7 Å². The molecule has 0 saturated carbocycles. The number of allylic oxidation sites excluding steroid dienone is 3. The normalized spacial score (nSPS) is 23.3. The summed E-state index contributed by atoms with van der Waals surface area (Å²) in [4.78, 5) is 24.7. The highest BCUT2D eigenvalue weighted by atomic mass is 16.6. The van der Waals surface area contributed by atoms with Crippen molar-refractivity contribution in [2.75, 3.05) is 7.11 Å². The molecule has 38 heavy (non-hydrogen) atoms. The molecule has 2 aromatic carbocycles. The number of phenols is 2. The molecule has 1 aliphatic heterocycles. The summed E-state index contributed by atoms with van der Waals surface area (Å²) in [6.07, 6.45) is -3.55. The lowest BCUT2D eigenvalue weighted by molar-refractivity contribution is -0.227. The number of phenolic OH excluding ortho intramolecular Hbond substituents is 2. The van der Waals surface area contributed by atoms with Crippen LogP contribution in [0.1, 0.15) is 40.9 Å². The van der Waals surface area contributed by atoms with Gasteiger partial charge in [0.05, 0.1) is 13.2 Å². The lowest BCUT2D eigenvalue weighted by atomic mass is 9.87. The largest absolute Gasteiger partial charge is 0.508 e. The minimum absolute atomic E-state index is 0.0412. The van der Waals surface area contributed by atoms with Gasteiger partial charge in [0.25, 0.3) is 0 Å². The zero-order valence-electron chi connectivity index (χ0n) is 21.2. The van der Waals surface area contributed by atoms with E-state index >= 15 is 0 Å². The van der Waals surface area contributed by atoms with Crippen molar-refractivity contribution in [3.8, 4) is 17.2 Å². The number of aliphatic hydroxyl groups is 3. The highest BCUT2D eigenvalue weighted by molar-refractivity contribution is 6.11. The maximum Gasteiger partial charge on any atom is 0.335 e. The molecule has 1 heterocycles. The average Bonchev–Trinajstić information content (AvgIpc) is 2.87. The third-order valence-electron chi connectivity index (χ3n) is 6.34. The number of hydrogen-bond acceptors (Lipinski definition) is 9. The van der Waals surface area contributed by atoms with Crippen LogP contribution in [0.3, 0.4) is 0 Å². The number of rotatable bonds is 9. The van der Waals surface area contributed by atoms with Crippen molar-refractivity contribution in [1.29, 1.82) is 0 Å². The molecule has 1 fully saturated rings. The Morgan fingerprint density at radius 2 is 1.68 bits per heavy atom. The number of carboxylic acid groups (broad SMARTS) is 1. The van der Waals surface area contributed by atoms with Crippen LogP contribution in [0.5, 0.6) is 17.2 Å². The molecule has 204 valence electrons. The van der Waals surface area contributed by atoms with Crippen LogP contribution in [-0.4, -0.2) is 80.0 Å². The van der Waals surface area contributed by atoms with Crippen molar-refractivity contribution in [3.05, 3.63) is 70.3 Å². The molecule has 5 atom stereocenters. The zero-order chi connectivity index (χ0) is 28.1. The first kappa shape index (κ1) is 28.9. The van der Waals surface area contributed by atoms with Crippen molar-refractivity contribution in [2.24, 2.45) is 0 Å². The number of carboxylic acids is 1. The summed E-state index contributed by atoms with van der Waals surface area (Å²) in [7, 11) is 1.32. The summed E-state index contributed by atoms with van der Waals surface area (Å²) in [5.74, 6) is -2.27. The predicted octanol–water partition coefficient (Wildman–Crippen LogP) is 1.99. The minimum atomic E-state index is -1.83. The average molecular weight is 529 g/mol. The van der Waals surface area contributed by atoms with Gasteiger partial charge in [-0.25, -0.2) is 4.79 Å². The third kappa shape index (κ3) is 6.40. The van der Waals surface area contributed by atoms with Crippen molar-refractivity contribution in [3.63, 3.8) is 0 Å². The molecule has 10 nitrogen and oxygen atoms in total. The molecule has 1 saturated heterocycles. The molecular formula is C28H32O10. The molecule has 0 aromatic heterocycles. The summed E-state index contributed by atoms with van der Waals surface area (Å²) in [5.41, 5.74) is 2.22. The van der Waals surface area contributed by atoms with Crippen molar-refractivity contribution in [2.45, 2.75) is 57.2 Å². The van der Waals surface area contributed by atoms with E-state index in [9.17, 15) is 40.2 Å². The number of ketones is 1. The van der Waals surface area contributed by atoms with Crippen LogP contribution >= 0.6 is 0 Å². The molecule has 0 spiro atoms. The fourth-order valence-corrected chi connectivity index (χ4v) is 4.23. The second-order valence-corrected chi connectivity index (χ2v) is 9.32. The highest BCUT2D eigenvalue weighted by Crippen LogP contribution is 2.38. The van der Waals surface area contributed by atoms with E-state index in [1.54, 1.807) is 12.1 Å². The predicted molar refractivity (Wildman–Crippen MR) is 137 cm³/mol. The SMILES string of the molecule is COc1cc(C[C@H]2O[C@@H](C(=O)O)[C@@H](O)[C@@H](O)[C@@H]2O)c(CC=C(C)C)c(O)c1C(=O)/C=C/c1ccc(O)cc1. The number of aliphatic carboxylic acids is 1. The van der Waals surface area contributed by atoms with Gasteiger partial charge >= 0.3 is 5.97 Å². The number of benzene rings is 2. The van der Waals surface area contributed by atoms with Gasteiger partial charge in [0, 0.05) is 12.0 Å². The fourth-order valence-electron chi connectivity index (χ4n) is 4.23. The number of ether oxygens (including phenoxy) is 2. The quantitative estimate of drug-likeness (QED) is 0.160. The molecule has 0 unspecified atom stereocenters. The van der Waals surface area contributed by atoms with Gasteiger partial charge in [-0.3, -0.25) is 4.79 Å². The summed E-state index contributed by atoms with van der Waals surface area (Å²) < 4.78 is 10.8. The van der Waals surface area contributed by atoms with Crippen LogP contribution in [0, 0.1) is 0 Å². The Kier molecular flexibility index (Phi) is 9.29. The molecule has 6 N–H and O–H groups in total. The van der Waals surface area contributed by atoms with Crippen LogP contribution in [0.15, 0.2) is 48.1 Å². The van der Waals surface area contributed by atoms with E-state index in [0.29, 0.717) is 16.7 Å². The van der Waals surface area contributed by atoms with Crippen LogP contribution in [0.4, 0.5) is 0 Å². The van der Waals surface area contributed by atoms with Crippen molar-refractivity contribution < 1.29 is 49.7 Å². The second-order valence-electron chi connectivity index (χ2n) is 9.32. The number of carbonyl (C=O) groups is 2. The molecule has 0 aliphatic carbocycles. The number of carbonyl (C=O) groups excluding carboxylic acids is 1. The van der Waals surface area contributed by atoms with Crippen molar-refractivity contribution >= 4 is 17.8 Å². The Labute approximate surface area is 219 Å². The topological polar surface area (TPSA) is 174 Å². The smallest absolute Gasteiger partial charge is 0.335 e. The van der Waals surface area contributed by atoms with Gasteiger partial charge in [0.1, 0.15) is 41.1 Å². The molecule has 0 amide bonds. The lowest BCUT2D eigenvalue weighted by Gasteiger charge is -2.39. The van der Waals surface area contributed by atoms with Crippen LogP contribution < -0.4 is 4.74 Å². The molecule has 0 radical (unpaired) electrons. The highest BCUT2D eigenvalue weighted by Gasteiger charge is 2.47. The molecular weight excluding hydrogens is 496 g/mol. The van der Waals surface area contributed by atoms with Gasteiger partial charge in [-0.2, -0.15) is 0 Å². The van der Waals surface area contributed by atoms with Gasteiger partial charge in [0.2, 0.25) is 0 Å².